The average molecular weight is 251 g/mol. The van der Waals surface area contributed by atoms with Crippen molar-refractivity contribution in [1.29, 1.82) is 0 Å². The van der Waals surface area contributed by atoms with E-state index < -0.39 is 0 Å². The molecule has 1 atom stereocenters. The van der Waals surface area contributed by atoms with Crippen LogP contribution in [0.5, 0.6) is 0 Å². The van der Waals surface area contributed by atoms with Gasteiger partial charge in [-0.05, 0) is 54.0 Å². The number of rotatable bonds is 3. The first-order chi connectivity index (χ1) is 7.71. The number of benzene rings is 1. The van der Waals surface area contributed by atoms with Gasteiger partial charge in [-0.3, -0.25) is 0 Å². The fourth-order valence-corrected chi connectivity index (χ4v) is 3.68. The molecule has 0 bridgehead atoms. The molecule has 0 saturated heterocycles. The molecule has 1 saturated carbocycles. The smallest absolute Gasteiger partial charge is 0.0367 e. The van der Waals surface area contributed by atoms with E-state index in [1.165, 1.54) is 28.5 Å². The summed E-state index contributed by atoms with van der Waals surface area (Å²) in [4.78, 5) is 0. The Balaban J connectivity index is 1.95. The Morgan fingerprint density at radius 1 is 1.38 bits per heavy atom. The zero-order valence-corrected chi connectivity index (χ0v) is 10.9. The van der Waals surface area contributed by atoms with Crippen LogP contribution < -0.4 is 0 Å². The molecule has 0 N–H and O–H groups in total. The van der Waals surface area contributed by atoms with Crippen molar-refractivity contribution in [2.24, 2.45) is 5.41 Å². The van der Waals surface area contributed by atoms with Crippen molar-refractivity contribution in [2.45, 2.75) is 31.6 Å². The number of halogens is 1. The standard InChI is InChI=1S/C14H15ClS/c1-10(15)14(6-7-14)8-11-9-16-13-5-3-2-4-12(11)13/h2-5,9-10H,6-8H2,1H3. The normalized spacial score (nSPS) is 19.9. The average Bonchev–Trinajstić information content (AvgIpc) is 2.96. The van der Waals surface area contributed by atoms with Gasteiger partial charge in [-0.25, -0.2) is 0 Å². The van der Waals surface area contributed by atoms with Crippen LogP contribution in [0.4, 0.5) is 0 Å². The van der Waals surface area contributed by atoms with E-state index in [9.17, 15) is 0 Å². The summed E-state index contributed by atoms with van der Waals surface area (Å²) < 4.78 is 1.40. The fraction of sp³-hybridized carbons (Fsp3) is 0.429. The third-order valence-corrected chi connectivity index (χ3v) is 5.31. The third kappa shape index (κ3) is 1.66. The van der Waals surface area contributed by atoms with Gasteiger partial charge in [0.1, 0.15) is 0 Å². The van der Waals surface area contributed by atoms with E-state index in [0.717, 1.165) is 6.42 Å². The topological polar surface area (TPSA) is 0 Å². The van der Waals surface area contributed by atoms with Gasteiger partial charge in [0.05, 0.1) is 0 Å². The van der Waals surface area contributed by atoms with Crippen LogP contribution in [0, 0.1) is 5.41 Å². The van der Waals surface area contributed by atoms with Crippen LogP contribution in [-0.4, -0.2) is 5.38 Å². The Bertz CT molecular complexity index is 508. The van der Waals surface area contributed by atoms with Crippen LogP contribution in [-0.2, 0) is 6.42 Å². The maximum atomic E-state index is 6.30. The van der Waals surface area contributed by atoms with Crippen molar-refractivity contribution in [3.63, 3.8) is 0 Å². The second-order valence-electron chi connectivity index (χ2n) is 4.91. The maximum Gasteiger partial charge on any atom is 0.0367 e. The lowest BCUT2D eigenvalue weighted by Gasteiger charge is -2.17. The third-order valence-electron chi connectivity index (χ3n) is 3.84. The zero-order valence-electron chi connectivity index (χ0n) is 9.37. The quantitative estimate of drug-likeness (QED) is 0.683. The van der Waals surface area contributed by atoms with Crippen LogP contribution in [0.3, 0.4) is 0 Å². The molecule has 84 valence electrons. The van der Waals surface area contributed by atoms with Crippen LogP contribution in [0.2, 0.25) is 0 Å². The van der Waals surface area contributed by atoms with Gasteiger partial charge in [-0.15, -0.1) is 22.9 Å². The van der Waals surface area contributed by atoms with Gasteiger partial charge in [0.15, 0.2) is 0 Å². The highest BCUT2D eigenvalue weighted by atomic mass is 35.5. The minimum absolute atomic E-state index is 0.297. The molecule has 2 aromatic rings. The minimum atomic E-state index is 0.297. The van der Waals surface area contributed by atoms with Gasteiger partial charge in [-0.2, -0.15) is 0 Å². The molecule has 0 aliphatic heterocycles. The predicted octanol–water partition coefficient (Wildman–Crippen LogP) is 4.85. The van der Waals surface area contributed by atoms with E-state index in [2.05, 4.69) is 36.6 Å². The molecular weight excluding hydrogens is 236 g/mol. The van der Waals surface area contributed by atoms with Crippen molar-refractivity contribution in [2.75, 3.05) is 0 Å². The molecule has 1 fully saturated rings. The molecular formula is C14H15ClS. The van der Waals surface area contributed by atoms with E-state index in [1.807, 2.05) is 11.3 Å². The monoisotopic (exact) mass is 250 g/mol. The van der Waals surface area contributed by atoms with Gasteiger partial charge >= 0.3 is 0 Å². The lowest BCUT2D eigenvalue weighted by molar-refractivity contribution is 0.499. The molecule has 2 heteroatoms. The van der Waals surface area contributed by atoms with E-state index in [1.54, 1.807) is 0 Å². The molecule has 0 amide bonds. The Morgan fingerprint density at radius 2 is 2.12 bits per heavy atom. The van der Waals surface area contributed by atoms with Crippen LogP contribution in [0.25, 0.3) is 10.1 Å². The number of hydrogen-bond donors (Lipinski definition) is 0. The summed E-state index contributed by atoms with van der Waals surface area (Å²) >= 11 is 8.15. The molecule has 3 rings (SSSR count). The van der Waals surface area contributed by atoms with Crippen molar-refractivity contribution in [3.8, 4) is 0 Å². The lowest BCUT2D eigenvalue weighted by atomic mass is 9.93. The van der Waals surface area contributed by atoms with Crippen LogP contribution in [0.15, 0.2) is 29.6 Å². The summed E-state index contributed by atoms with van der Waals surface area (Å²) in [7, 11) is 0. The zero-order chi connectivity index (χ0) is 11.2. The highest BCUT2D eigenvalue weighted by Crippen LogP contribution is 2.54. The molecule has 16 heavy (non-hydrogen) atoms. The number of alkyl halides is 1. The molecule has 1 heterocycles. The van der Waals surface area contributed by atoms with Gasteiger partial charge in [0.25, 0.3) is 0 Å². The van der Waals surface area contributed by atoms with Gasteiger partial charge in [-0.1, -0.05) is 18.2 Å². The molecule has 0 radical (unpaired) electrons. The fourth-order valence-electron chi connectivity index (χ4n) is 2.42. The Morgan fingerprint density at radius 3 is 2.81 bits per heavy atom. The molecule has 1 aromatic carbocycles. The van der Waals surface area contributed by atoms with Crippen LogP contribution in [0.1, 0.15) is 25.3 Å². The van der Waals surface area contributed by atoms with E-state index in [4.69, 9.17) is 11.6 Å². The molecule has 0 nitrogen and oxygen atoms in total. The summed E-state index contributed by atoms with van der Waals surface area (Å²) in [5.41, 5.74) is 1.89. The number of fused-ring (bicyclic) bond motifs is 1. The summed E-state index contributed by atoms with van der Waals surface area (Å²) in [6.45, 7) is 2.14. The Labute approximate surface area is 105 Å². The minimum Gasteiger partial charge on any atom is -0.144 e. The highest BCUT2D eigenvalue weighted by Gasteiger charge is 2.46. The van der Waals surface area contributed by atoms with Gasteiger partial charge in [0.2, 0.25) is 0 Å². The first-order valence-corrected chi connectivity index (χ1v) is 7.12. The van der Waals surface area contributed by atoms with E-state index in [-0.39, 0.29) is 0 Å². The molecule has 0 spiro atoms. The predicted molar refractivity (Wildman–Crippen MR) is 72.5 cm³/mol. The summed E-state index contributed by atoms with van der Waals surface area (Å²) in [6, 6.07) is 8.67. The maximum absolute atomic E-state index is 6.30. The van der Waals surface area contributed by atoms with Gasteiger partial charge < -0.3 is 0 Å². The van der Waals surface area contributed by atoms with Crippen molar-refractivity contribution < 1.29 is 0 Å². The molecule has 1 aliphatic rings. The number of hydrogen-bond acceptors (Lipinski definition) is 1. The van der Waals surface area contributed by atoms with E-state index in [0.29, 0.717) is 10.8 Å². The summed E-state index contributed by atoms with van der Waals surface area (Å²) in [5.74, 6) is 0. The lowest BCUT2D eigenvalue weighted by Crippen LogP contribution is -2.15. The Kier molecular flexibility index (Phi) is 2.49. The largest absolute Gasteiger partial charge is 0.144 e. The molecule has 1 aromatic heterocycles. The highest BCUT2D eigenvalue weighted by molar-refractivity contribution is 7.17. The second kappa shape index (κ2) is 3.75. The number of thiophene rings is 1. The van der Waals surface area contributed by atoms with Gasteiger partial charge in [0, 0.05) is 10.1 Å². The summed E-state index contributed by atoms with van der Waals surface area (Å²) in [6.07, 6.45) is 3.74. The van der Waals surface area contributed by atoms with Crippen molar-refractivity contribution in [1.82, 2.24) is 0 Å². The first kappa shape index (κ1) is 10.6. The SMILES string of the molecule is CC(Cl)C1(Cc2csc3ccccc23)CC1. The first-order valence-electron chi connectivity index (χ1n) is 5.80. The van der Waals surface area contributed by atoms with Crippen molar-refractivity contribution in [3.05, 3.63) is 35.2 Å². The van der Waals surface area contributed by atoms with Crippen LogP contribution >= 0.6 is 22.9 Å². The second-order valence-corrected chi connectivity index (χ2v) is 6.48. The molecule has 1 aliphatic carbocycles. The molecule has 1 unspecified atom stereocenters. The van der Waals surface area contributed by atoms with Crippen molar-refractivity contribution >= 4 is 33.0 Å². The van der Waals surface area contributed by atoms with E-state index >= 15 is 0 Å². The summed E-state index contributed by atoms with van der Waals surface area (Å²) in [5, 5.41) is 4.03. The Hall–Kier alpha value is -0.530.